The highest BCUT2D eigenvalue weighted by Crippen LogP contribution is 2.24. The van der Waals surface area contributed by atoms with Crippen LogP contribution in [0.3, 0.4) is 0 Å². The van der Waals surface area contributed by atoms with Crippen molar-refractivity contribution in [1.29, 1.82) is 0 Å². The lowest BCUT2D eigenvalue weighted by Crippen LogP contribution is -2.25. The molecule has 3 heteroatoms. The monoisotopic (exact) mass is 257 g/mol. The molecule has 0 aliphatic rings. The molecule has 0 atom stereocenters. The summed E-state index contributed by atoms with van der Waals surface area (Å²) >= 11 is 0. The van der Waals surface area contributed by atoms with E-state index in [0.717, 1.165) is 17.5 Å². The van der Waals surface area contributed by atoms with Crippen molar-refractivity contribution in [1.82, 2.24) is 5.32 Å². The Balaban J connectivity index is 2.09. The van der Waals surface area contributed by atoms with E-state index in [1.807, 2.05) is 36.4 Å². The van der Waals surface area contributed by atoms with Crippen LogP contribution in [0.25, 0.3) is 11.1 Å². The van der Waals surface area contributed by atoms with Gasteiger partial charge in [0, 0.05) is 12.1 Å². The second-order valence-corrected chi connectivity index (χ2v) is 4.97. The van der Waals surface area contributed by atoms with Crippen molar-refractivity contribution in [2.75, 3.05) is 6.54 Å². The van der Waals surface area contributed by atoms with Crippen LogP contribution in [0, 0.1) is 5.92 Å². The minimum atomic E-state index is -0.149. The van der Waals surface area contributed by atoms with Crippen molar-refractivity contribution in [2.45, 2.75) is 20.3 Å². The van der Waals surface area contributed by atoms with Crippen LogP contribution >= 0.6 is 0 Å². The third-order valence-electron chi connectivity index (χ3n) is 2.96. The van der Waals surface area contributed by atoms with Crippen molar-refractivity contribution in [2.24, 2.45) is 5.92 Å². The number of hydrogen-bond acceptors (Lipinski definition) is 2. The first kappa shape index (κ1) is 13.4. The molecule has 3 nitrogen and oxygen atoms in total. The van der Waals surface area contributed by atoms with Gasteiger partial charge in [-0.2, -0.15) is 0 Å². The predicted octanol–water partition coefficient (Wildman–Crippen LogP) is 3.72. The van der Waals surface area contributed by atoms with E-state index in [-0.39, 0.29) is 5.91 Å². The second kappa shape index (κ2) is 6.23. The van der Waals surface area contributed by atoms with Crippen LogP contribution in [0.2, 0.25) is 0 Å². The van der Waals surface area contributed by atoms with E-state index in [1.165, 1.54) is 0 Å². The highest BCUT2D eigenvalue weighted by Gasteiger charge is 2.16. The fourth-order valence-corrected chi connectivity index (χ4v) is 1.88. The van der Waals surface area contributed by atoms with Crippen LogP contribution in [0.15, 0.2) is 47.1 Å². The Morgan fingerprint density at radius 3 is 2.63 bits per heavy atom. The standard InChI is InChI=1S/C16H19NO2/c1-12(2)8-10-17-16(18)15-14(9-11-19-15)13-6-4-3-5-7-13/h3-7,9,11-12H,8,10H2,1-2H3,(H,17,18). The maximum atomic E-state index is 12.1. The lowest BCUT2D eigenvalue weighted by atomic mass is 10.1. The average Bonchev–Trinajstić information content (AvgIpc) is 2.88. The zero-order valence-electron chi connectivity index (χ0n) is 11.3. The van der Waals surface area contributed by atoms with E-state index < -0.39 is 0 Å². The fourth-order valence-electron chi connectivity index (χ4n) is 1.88. The van der Waals surface area contributed by atoms with Gasteiger partial charge in [0.1, 0.15) is 0 Å². The van der Waals surface area contributed by atoms with Gasteiger partial charge in [-0.25, -0.2) is 0 Å². The molecular weight excluding hydrogens is 238 g/mol. The van der Waals surface area contributed by atoms with Gasteiger partial charge >= 0.3 is 0 Å². The summed E-state index contributed by atoms with van der Waals surface area (Å²) in [6, 6.07) is 11.6. The second-order valence-electron chi connectivity index (χ2n) is 4.97. The summed E-state index contributed by atoms with van der Waals surface area (Å²) in [5.41, 5.74) is 1.83. The van der Waals surface area contributed by atoms with Crippen LogP contribution < -0.4 is 5.32 Å². The molecule has 0 bridgehead atoms. The highest BCUT2D eigenvalue weighted by molar-refractivity contribution is 5.98. The molecule has 0 aliphatic carbocycles. The summed E-state index contributed by atoms with van der Waals surface area (Å²) in [6.45, 7) is 4.94. The molecule has 0 saturated carbocycles. The molecule has 1 heterocycles. The van der Waals surface area contributed by atoms with E-state index in [0.29, 0.717) is 18.2 Å². The van der Waals surface area contributed by atoms with E-state index in [2.05, 4.69) is 19.2 Å². The summed E-state index contributed by atoms with van der Waals surface area (Å²) in [5, 5.41) is 2.89. The molecule has 2 rings (SSSR count). The molecule has 2 aromatic rings. The Kier molecular flexibility index (Phi) is 4.39. The van der Waals surface area contributed by atoms with E-state index in [9.17, 15) is 4.79 Å². The lowest BCUT2D eigenvalue weighted by Gasteiger charge is -2.07. The van der Waals surface area contributed by atoms with Gasteiger partial charge in [-0.15, -0.1) is 0 Å². The van der Waals surface area contributed by atoms with E-state index >= 15 is 0 Å². The van der Waals surface area contributed by atoms with Gasteiger partial charge in [0.2, 0.25) is 0 Å². The summed E-state index contributed by atoms with van der Waals surface area (Å²) in [5.74, 6) is 0.810. The highest BCUT2D eigenvalue weighted by atomic mass is 16.3. The molecule has 0 saturated heterocycles. The van der Waals surface area contributed by atoms with Crippen molar-refractivity contribution >= 4 is 5.91 Å². The molecule has 100 valence electrons. The molecule has 1 aromatic heterocycles. The van der Waals surface area contributed by atoms with Gasteiger partial charge in [0.25, 0.3) is 5.91 Å². The van der Waals surface area contributed by atoms with Crippen LogP contribution in [0.1, 0.15) is 30.8 Å². The van der Waals surface area contributed by atoms with Crippen molar-refractivity contribution in [3.8, 4) is 11.1 Å². The predicted molar refractivity (Wildman–Crippen MR) is 75.9 cm³/mol. The third-order valence-corrected chi connectivity index (χ3v) is 2.96. The molecule has 0 spiro atoms. The van der Waals surface area contributed by atoms with Gasteiger partial charge in [-0.1, -0.05) is 44.2 Å². The Hall–Kier alpha value is -2.03. The number of carbonyl (C=O) groups excluding carboxylic acids is 1. The Morgan fingerprint density at radius 1 is 1.21 bits per heavy atom. The Labute approximate surface area is 113 Å². The topological polar surface area (TPSA) is 42.2 Å². The number of nitrogens with one attached hydrogen (secondary N) is 1. The number of furan rings is 1. The summed E-state index contributed by atoms with van der Waals surface area (Å²) in [4.78, 5) is 12.1. The van der Waals surface area contributed by atoms with Crippen LogP contribution in [-0.4, -0.2) is 12.5 Å². The number of amides is 1. The smallest absolute Gasteiger partial charge is 0.287 e. The number of carbonyl (C=O) groups is 1. The van der Waals surface area contributed by atoms with Gasteiger partial charge in [0.15, 0.2) is 5.76 Å². The molecule has 1 amide bonds. The minimum Gasteiger partial charge on any atom is -0.459 e. The third kappa shape index (κ3) is 3.47. The first-order valence-electron chi connectivity index (χ1n) is 6.59. The fraction of sp³-hybridized carbons (Fsp3) is 0.312. The van der Waals surface area contributed by atoms with Crippen molar-refractivity contribution in [3.63, 3.8) is 0 Å². The summed E-state index contributed by atoms with van der Waals surface area (Å²) in [6.07, 6.45) is 2.52. The number of rotatable bonds is 5. The average molecular weight is 257 g/mol. The first-order valence-corrected chi connectivity index (χ1v) is 6.59. The molecule has 0 radical (unpaired) electrons. The maximum Gasteiger partial charge on any atom is 0.287 e. The van der Waals surface area contributed by atoms with Gasteiger partial charge in [-0.3, -0.25) is 4.79 Å². The van der Waals surface area contributed by atoms with E-state index in [1.54, 1.807) is 6.26 Å². The molecule has 0 aliphatic heterocycles. The van der Waals surface area contributed by atoms with Crippen molar-refractivity contribution in [3.05, 3.63) is 48.4 Å². The Bertz CT molecular complexity index is 529. The Morgan fingerprint density at radius 2 is 1.95 bits per heavy atom. The van der Waals surface area contributed by atoms with Crippen molar-refractivity contribution < 1.29 is 9.21 Å². The first-order chi connectivity index (χ1) is 9.18. The molecule has 0 unspecified atom stereocenters. The molecular formula is C16H19NO2. The van der Waals surface area contributed by atoms with Gasteiger partial charge in [-0.05, 0) is 24.0 Å². The maximum absolute atomic E-state index is 12.1. The molecule has 0 fully saturated rings. The van der Waals surface area contributed by atoms with Crippen LogP contribution in [-0.2, 0) is 0 Å². The number of benzene rings is 1. The van der Waals surface area contributed by atoms with E-state index in [4.69, 9.17) is 4.42 Å². The lowest BCUT2D eigenvalue weighted by molar-refractivity contribution is 0.0925. The quantitative estimate of drug-likeness (QED) is 0.887. The number of hydrogen-bond donors (Lipinski definition) is 1. The normalized spacial score (nSPS) is 10.7. The van der Waals surface area contributed by atoms with Crippen LogP contribution in [0.4, 0.5) is 0 Å². The summed E-state index contributed by atoms with van der Waals surface area (Å²) in [7, 11) is 0. The molecule has 1 N–H and O–H groups in total. The minimum absolute atomic E-state index is 0.149. The van der Waals surface area contributed by atoms with Crippen LogP contribution in [0.5, 0.6) is 0 Å². The zero-order chi connectivity index (χ0) is 13.7. The SMILES string of the molecule is CC(C)CCNC(=O)c1occc1-c1ccccc1. The van der Waals surface area contributed by atoms with Gasteiger partial charge in [0.05, 0.1) is 6.26 Å². The van der Waals surface area contributed by atoms with Gasteiger partial charge < -0.3 is 9.73 Å². The molecule has 1 aromatic carbocycles. The molecule has 19 heavy (non-hydrogen) atoms. The summed E-state index contributed by atoms with van der Waals surface area (Å²) < 4.78 is 5.33. The largest absolute Gasteiger partial charge is 0.459 e. The zero-order valence-corrected chi connectivity index (χ0v) is 11.3.